The molecule has 0 unspecified atom stereocenters. The van der Waals surface area contributed by atoms with Gasteiger partial charge in [0.1, 0.15) is 5.60 Å². The Kier molecular flexibility index (Phi) is 2.34. The van der Waals surface area contributed by atoms with E-state index in [9.17, 15) is 4.79 Å². The first-order chi connectivity index (χ1) is 6.92. The van der Waals surface area contributed by atoms with Crippen LogP contribution in [0.1, 0.15) is 40.5 Å². The van der Waals surface area contributed by atoms with Gasteiger partial charge in [0, 0.05) is 0 Å². The lowest BCUT2D eigenvalue weighted by molar-refractivity contribution is -0.156. The Morgan fingerprint density at radius 1 is 1.47 bits per heavy atom. The summed E-state index contributed by atoms with van der Waals surface area (Å²) >= 11 is 0. The molecule has 0 aromatic carbocycles. The van der Waals surface area contributed by atoms with E-state index >= 15 is 0 Å². The van der Waals surface area contributed by atoms with Crippen molar-refractivity contribution in [2.24, 2.45) is 11.3 Å². The van der Waals surface area contributed by atoms with Crippen LogP contribution in [0.3, 0.4) is 0 Å². The summed E-state index contributed by atoms with van der Waals surface area (Å²) < 4.78 is 10.8. The number of ether oxygens (including phenoxy) is 2. The molecule has 15 heavy (non-hydrogen) atoms. The molecule has 0 aromatic heterocycles. The maximum Gasteiger partial charge on any atom is 0.312 e. The van der Waals surface area contributed by atoms with E-state index in [0.717, 1.165) is 12.8 Å². The van der Waals surface area contributed by atoms with Crippen molar-refractivity contribution in [3.63, 3.8) is 0 Å². The standard InChI is InChI=1S/C12H20O3/c1-5-14-10(13)9-11(2,3)7-6-8-12(9,4)15-8/h8-9H,5-7H2,1-4H3/t8-,9-,12-/m0/s1. The molecule has 1 saturated heterocycles. The predicted molar refractivity (Wildman–Crippen MR) is 56.4 cm³/mol. The summed E-state index contributed by atoms with van der Waals surface area (Å²) in [6, 6.07) is 0. The van der Waals surface area contributed by atoms with Crippen LogP contribution >= 0.6 is 0 Å². The largest absolute Gasteiger partial charge is 0.466 e. The molecule has 1 saturated carbocycles. The summed E-state index contributed by atoms with van der Waals surface area (Å²) in [7, 11) is 0. The van der Waals surface area contributed by atoms with Crippen LogP contribution in [0.2, 0.25) is 0 Å². The number of hydrogen-bond acceptors (Lipinski definition) is 3. The first-order valence-corrected chi connectivity index (χ1v) is 5.76. The monoisotopic (exact) mass is 212 g/mol. The van der Waals surface area contributed by atoms with Crippen molar-refractivity contribution >= 4 is 5.97 Å². The molecule has 2 aliphatic rings. The Labute approximate surface area is 91.1 Å². The maximum atomic E-state index is 12.0. The van der Waals surface area contributed by atoms with Gasteiger partial charge in [-0.15, -0.1) is 0 Å². The Morgan fingerprint density at radius 3 is 2.73 bits per heavy atom. The van der Waals surface area contributed by atoms with Crippen molar-refractivity contribution in [2.45, 2.75) is 52.2 Å². The third kappa shape index (κ3) is 1.57. The van der Waals surface area contributed by atoms with E-state index in [1.54, 1.807) is 0 Å². The van der Waals surface area contributed by atoms with E-state index in [1.807, 2.05) is 13.8 Å². The molecule has 2 fully saturated rings. The number of carbonyl (C=O) groups is 1. The van der Waals surface area contributed by atoms with Gasteiger partial charge in [-0.3, -0.25) is 4.79 Å². The van der Waals surface area contributed by atoms with E-state index in [1.165, 1.54) is 0 Å². The summed E-state index contributed by atoms with van der Waals surface area (Å²) in [6.07, 6.45) is 2.38. The number of rotatable bonds is 2. The van der Waals surface area contributed by atoms with Crippen LogP contribution in [-0.2, 0) is 14.3 Å². The van der Waals surface area contributed by atoms with Gasteiger partial charge in [0.25, 0.3) is 0 Å². The second-order valence-electron chi connectivity index (χ2n) is 5.50. The zero-order valence-electron chi connectivity index (χ0n) is 10.0. The maximum absolute atomic E-state index is 12.0. The SMILES string of the molecule is CCOC(=O)[C@H]1C(C)(C)CC[C@@H]2O[C@@]21C. The van der Waals surface area contributed by atoms with Crippen LogP contribution in [0.5, 0.6) is 0 Å². The van der Waals surface area contributed by atoms with Crippen molar-refractivity contribution in [3.05, 3.63) is 0 Å². The van der Waals surface area contributed by atoms with Gasteiger partial charge in [-0.05, 0) is 32.1 Å². The molecule has 3 heteroatoms. The molecule has 0 bridgehead atoms. The smallest absolute Gasteiger partial charge is 0.312 e. The molecular weight excluding hydrogens is 192 g/mol. The zero-order valence-corrected chi connectivity index (χ0v) is 10.0. The molecule has 2 rings (SSSR count). The van der Waals surface area contributed by atoms with Gasteiger partial charge in [-0.1, -0.05) is 13.8 Å². The Bertz CT molecular complexity index is 280. The Balaban J connectivity index is 2.21. The number of epoxide rings is 1. The van der Waals surface area contributed by atoms with Crippen LogP contribution in [-0.4, -0.2) is 24.3 Å². The van der Waals surface area contributed by atoms with Gasteiger partial charge in [-0.2, -0.15) is 0 Å². The topological polar surface area (TPSA) is 38.8 Å². The zero-order chi connectivity index (χ0) is 11.3. The lowest BCUT2D eigenvalue weighted by Gasteiger charge is -2.38. The summed E-state index contributed by atoms with van der Waals surface area (Å²) in [6.45, 7) is 8.61. The van der Waals surface area contributed by atoms with Gasteiger partial charge in [-0.25, -0.2) is 0 Å². The number of esters is 1. The summed E-state index contributed by atoms with van der Waals surface area (Å²) in [4.78, 5) is 12.0. The molecule has 1 heterocycles. The lowest BCUT2D eigenvalue weighted by atomic mass is 9.64. The first kappa shape index (κ1) is 10.9. The lowest BCUT2D eigenvalue weighted by Crippen LogP contribution is -2.46. The van der Waals surface area contributed by atoms with Gasteiger partial charge in [0.05, 0.1) is 18.6 Å². The average molecular weight is 212 g/mol. The second kappa shape index (κ2) is 3.21. The third-order valence-electron chi connectivity index (χ3n) is 3.91. The minimum Gasteiger partial charge on any atom is -0.466 e. The van der Waals surface area contributed by atoms with E-state index in [4.69, 9.17) is 9.47 Å². The first-order valence-electron chi connectivity index (χ1n) is 5.76. The fourth-order valence-corrected chi connectivity index (χ4v) is 3.07. The van der Waals surface area contributed by atoms with Gasteiger partial charge >= 0.3 is 5.97 Å². The van der Waals surface area contributed by atoms with Crippen molar-refractivity contribution in [1.29, 1.82) is 0 Å². The molecule has 1 aliphatic carbocycles. The molecule has 0 amide bonds. The highest BCUT2D eigenvalue weighted by atomic mass is 16.6. The van der Waals surface area contributed by atoms with Crippen LogP contribution in [0.4, 0.5) is 0 Å². The number of carbonyl (C=O) groups excluding carboxylic acids is 1. The summed E-state index contributed by atoms with van der Waals surface area (Å²) in [5, 5.41) is 0. The fourth-order valence-electron chi connectivity index (χ4n) is 3.07. The molecule has 86 valence electrons. The number of hydrogen-bond donors (Lipinski definition) is 0. The van der Waals surface area contributed by atoms with Gasteiger partial charge in [0.2, 0.25) is 0 Å². The molecule has 3 atom stereocenters. The van der Waals surface area contributed by atoms with Crippen LogP contribution in [0.15, 0.2) is 0 Å². The fraction of sp³-hybridized carbons (Fsp3) is 0.917. The highest BCUT2D eigenvalue weighted by molar-refractivity contribution is 5.76. The minimum absolute atomic E-state index is 0.00595. The van der Waals surface area contributed by atoms with E-state index in [0.29, 0.717) is 6.61 Å². The normalized spacial score (nSPS) is 41.9. The van der Waals surface area contributed by atoms with Crippen LogP contribution in [0, 0.1) is 11.3 Å². The molecule has 0 aromatic rings. The highest BCUT2D eigenvalue weighted by Gasteiger charge is 2.67. The van der Waals surface area contributed by atoms with Crippen molar-refractivity contribution in [3.8, 4) is 0 Å². The van der Waals surface area contributed by atoms with Crippen LogP contribution in [0.25, 0.3) is 0 Å². The van der Waals surface area contributed by atoms with E-state index < -0.39 is 0 Å². The van der Waals surface area contributed by atoms with Crippen molar-refractivity contribution < 1.29 is 14.3 Å². The van der Waals surface area contributed by atoms with Gasteiger partial charge < -0.3 is 9.47 Å². The van der Waals surface area contributed by atoms with Crippen molar-refractivity contribution in [1.82, 2.24) is 0 Å². The third-order valence-corrected chi connectivity index (χ3v) is 3.91. The predicted octanol–water partition coefficient (Wildman–Crippen LogP) is 2.14. The Hall–Kier alpha value is -0.570. The van der Waals surface area contributed by atoms with E-state index in [2.05, 4.69) is 13.8 Å². The number of fused-ring (bicyclic) bond motifs is 1. The van der Waals surface area contributed by atoms with Gasteiger partial charge in [0.15, 0.2) is 0 Å². The summed E-state index contributed by atoms with van der Waals surface area (Å²) in [5.74, 6) is -0.198. The average Bonchev–Trinajstić information content (AvgIpc) is 2.74. The molecule has 0 spiro atoms. The molecular formula is C12H20O3. The molecule has 3 nitrogen and oxygen atoms in total. The van der Waals surface area contributed by atoms with Crippen molar-refractivity contribution in [2.75, 3.05) is 6.61 Å². The molecule has 0 N–H and O–H groups in total. The summed E-state index contributed by atoms with van der Waals surface area (Å²) in [5.41, 5.74) is -0.262. The minimum atomic E-state index is -0.256. The van der Waals surface area contributed by atoms with Crippen LogP contribution < -0.4 is 0 Å². The quantitative estimate of drug-likeness (QED) is 0.520. The Morgan fingerprint density at radius 2 is 2.13 bits per heavy atom. The highest BCUT2D eigenvalue weighted by Crippen LogP contribution is 2.58. The molecule has 1 aliphatic heterocycles. The molecule has 0 radical (unpaired) electrons. The second-order valence-corrected chi connectivity index (χ2v) is 5.50. The van der Waals surface area contributed by atoms with E-state index in [-0.39, 0.29) is 29.0 Å².